The first-order valence-electron chi connectivity index (χ1n) is 8.27. The predicted octanol–water partition coefficient (Wildman–Crippen LogP) is 4.17. The third-order valence-corrected chi connectivity index (χ3v) is 4.23. The first-order chi connectivity index (χ1) is 12.8. The van der Waals surface area contributed by atoms with Gasteiger partial charge in [0.25, 0.3) is 0 Å². The Balaban J connectivity index is 2.11. The average molecular weight is 411 g/mol. The minimum absolute atomic E-state index is 0.103. The van der Waals surface area contributed by atoms with Gasteiger partial charge in [-0.05, 0) is 17.7 Å². The Bertz CT molecular complexity index is 792. The van der Waals surface area contributed by atoms with Crippen molar-refractivity contribution in [1.82, 2.24) is 0 Å². The molecule has 0 aliphatic carbocycles. The van der Waals surface area contributed by atoms with Crippen LogP contribution in [0.5, 0.6) is 5.75 Å². The fourth-order valence-corrected chi connectivity index (χ4v) is 2.96. The van der Waals surface area contributed by atoms with E-state index in [4.69, 9.17) is 33.0 Å². The van der Waals surface area contributed by atoms with Crippen LogP contribution in [-0.2, 0) is 11.4 Å². The van der Waals surface area contributed by atoms with Crippen LogP contribution in [0.3, 0.4) is 0 Å². The van der Waals surface area contributed by atoms with E-state index in [9.17, 15) is 15.0 Å². The van der Waals surface area contributed by atoms with Crippen LogP contribution in [0.4, 0.5) is 0 Å². The quantitative estimate of drug-likeness (QED) is 0.577. The number of aliphatic carboxylic acids is 1. The van der Waals surface area contributed by atoms with Crippen LogP contribution in [0.1, 0.15) is 24.0 Å². The second kappa shape index (κ2) is 10.3. The zero-order valence-electron chi connectivity index (χ0n) is 14.4. The lowest BCUT2D eigenvalue weighted by Gasteiger charge is -2.13. The van der Waals surface area contributed by atoms with Crippen LogP contribution in [0.2, 0.25) is 10.0 Å². The number of aliphatic hydroxyl groups is 2. The van der Waals surface area contributed by atoms with E-state index < -0.39 is 24.6 Å². The third-order valence-electron chi connectivity index (χ3n) is 3.70. The van der Waals surface area contributed by atoms with Crippen LogP contribution in [0.15, 0.2) is 48.5 Å². The van der Waals surface area contributed by atoms with Gasteiger partial charge in [-0.3, -0.25) is 4.79 Å². The summed E-state index contributed by atoms with van der Waals surface area (Å²) in [6.45, 7) is 0.318. The number of carboxylic acids is 1. The number of aliphatic hydroxyl groups excluding tert-OH is 2. The van der Waals surface area contributed by atoms with Crippen molar-refractivity contribution in [2.75, 3.05) is 0 Å². The van der Waals surface area contributed by atoms with Crippen molar-refractivity contribution in [1.29, 1.82) is 0 Å². The van der Waals surface area contributed by atoms with Crippen LogP contribution in [-0.4, -0.2) is 33.5 Å². The molecule has 0 aromatic heterocycles. The SMILES string of the molecule is O=C(O)C[C@H](O)C[C@H](O)/C=C/c1c(Cl)cc(Cl)cc1OCc1ccccc1. The molecule has 0 saturated heterocycles. The normalized spacial score (nSPS) is 13.5. The van der Waals surface area contributed by atoms with E-state index >= 15 is 0 Å². The first kappa shape index (κ1) is 21.3. The van der Waals surface area contributed by atoms with Crippen molar-refractivity contribution in [2.24, 2.45) is 0 Å². The molecule has 2 rings (SSSR count). The second-order valence-electron chi connectivity index (χ2n) is 5.99. The van der Waals surface area contributed by atoms with Gasteiger partial charge in [0.1, 0.15) is 12.4 Å². The van der Waals surface area contributed by atoms with Crippen LogP contribution in [0.25, 0.3) is 6.08 Å². The summed E-state index contributed by atoms with van der Waals surface area (Å²) in [5, 5.41) is 29.0. The van der Waals surface area contributed by atoms with E-state index in [1.807, 2.05) is 30.3 Å². The van der Waals surface area contributed by atoms with Crippen molar-refractivity contribution in [3.05, 3.63) is 69.7 Å². The van der Waals surface area contributed by atoms with Crippen molar-refractivity contribution in [3.63, 3.8) is 0 Å². The molecule has 27 heavy (non-hydrogen) atoms. The van der Waals surface area contributed by atoms with Crippen LogP contribution < -0.4 is 4.74 Å². The summed E-state index contributed by atoms with van der Waals surface area (Å²) in [5.74, 6) is -0.679. The van der Waals surface area contributed by atoms with E-state index in [1.165, 1.54) is 6.08 Å². The maximum atomic E-state index is 10.6. The maximum Gasteiger partial charge on any atom is 0.305 e. The second-order valence-corrected chi connectivity index (χ2v) is 6.83. The predicted molar refractivity (Wildman–Crippen MR) is 105 cm³/mol. The topological polar surface area (TPSA) is 87.0 Å². The Kier molecular flexibility index (Phi) is 8.13. The van der Waals surface area contributed by atoms with E-state index in [1.54, 1.807) is 18.2 Å². The summed E-state index contributed by atoms with van der Waals surface area (Å²) < 4.78 is 5.82. The first-order valence-corrected chi connectivity index (χ1v) is 9.02. The van der Waals surface area contributed by atoms with Crippen molar-refractivity contribution < 1.29 is 24.9 Å². The Morgan fingerprint density at radius 1 is 1.15 bits per heavy atom. The Hall–Kier alpha value is -2.05. The smallest absolute Gasteiger partial charge is 0.305 e. The number of ether oxygens (including phenoxy) is 1. The third kappa shape index (κ3) is 7.23. The molecular formula is C20H20Cl2O5. The molecule has 3 N–H and O–H groups in total. The van der Waals surface area contributed by atoms with Gasteiger partial charge in [-0.15, -0.1) is 0 Å². The highest BCUT2D eigenvalue weighted by Gasteiger charge is 2.14. The number of hydrogen-bond donors (Lipinski definition) is 3. The van der Waals surface area contributed by atoms with Crippen LogP contribution in [0, 0.1) is 0 Å². The summed E-state index contributed by atoms with van der Waals surface area (Å²) >= 11 is 12.3. The molecule has 5 nitrogen and oxygen atoms in total. The van der Waals surface area contributed by atoms with Gasteiger partial charge in [0, 0.05) is 17.0 Å². The average Bonchev–Trinajstić information content (AvgIpc) is 2.59. The Morgan fingerprint density at radius 2 is 1.85 bits per heavy atom. The van der Waals surface area contributed by atoms with Gasteiger partial charge in [-0.25, -0.2) is 0 Å². The number of hydrogen-bond acceptors (Lipinski definition) is 4. The number of benzene rings is 2. The molecule has 0 heterocycles. The monoisotopic (exact) mass is 410 g/mol. The highest BCUT2D eigenvalue weighted by molar-refractivity contribution is 6.35. The fourth-order valence-electron chi connectivity index (χ4n) is 2.43. The lowest BCUT2D eigenvalue weighted by atomic mass is 10.1. The zero-order chi connectivity index (χ0) is 19.8. The molecule has 0 aliphatic rings. The molecule has 2 aromatic carbocycles. The van der Waals surface area contributed by atoms with Crippen molar-refractivity contribution >= 4 is 35.2 Å². The molecule has 0 amide bonds. The lowest BCUT2D eigenvalue weighted by Crippen LogP contribution is -2.19. The molecule has 7 heteroatoms. The van der Waals surface area contributed by atoms with Crippen LogP contribution >= 0.6 is 23.2 Å². The zero-order valence-corrected chi connectivity index (χ0v) is 15.9. The van der Waals surface area contributed by atoms with E-state index in [0.29, 0.717) is 28.0 Å². The number of carboxylic acid groups (broad SMARTS) is 1. The van der Waals surface area contributed by atoms with Gasteiger partial charge in [0.15, 0.2) is 0 Å². The summed E-state index contributed by atoms with van der Waals surface area (Å²) in [6.07, 6.45) is 0.281. The van der Waals surface area contributed by atoms with E-state index in [0.717, 1.165) is 5.56 Å². The minimum Gasteiger partial charge on any atom is -0.488 e. The summed E-state index contributed by atoms with van der Waals surface area (Å²) in [6, 6.07) is 12.8. The van der Waals surface area contributed by atoms with Gasteiger partial charge < -0.3 is 20.1 Å². The fraction of sp³-hybridized carbons (Fsp3) is 0.250. The van der Waals surface area contributed by atoms with Gasteiger partial charge in [0.05, 0.1) is 23.7 Å². The van der Waals surface area contributed by atoms with Gasteiger partial charge >= 0.3 is 5.97 Å². The molecule has 0 radical (unpaired) electrons. The standard InChI is InChI=1S/C20H20Cl2O5/c21-14-8-18(22)17(7-6-15(23)10-16(24)11-20(25)26)19(9-14)27-12-13-4-2-1-3-5-13/h1-9,15-16,23-24H,10-12H2,(H,25,26)/b7-6+/t15-,16-/m1/s1. The van der Waals surface area contributed by atoms with Crippen molar-refractivity contribution in [2.45, 2.75) is 31.7 Å². The van der Waals surface area contributed by atoms with E-state index in [2.05, 4.69) is 0 Å². The minimum atomic E-state index is -1.14. The van der Waals surface area contributed by atoms with Gasteiger partial charge in [0.2, 0.25) is 0 Å². The molecule has 144 valence electrons. The van der Waals surface area contributed by atoms with E-state index in [-0.39, 0.29) is 6.42 Å². The molecule has 0 bridgehead atoms. The highest BCUT2D eigenvalue weighted by Crippen LogP contribution is 2.33. The van der Waals surface area contributed by atoms with Gasteiger partial charge in [-0.2, -0.15) is 0 Å². The molecule has 0 fully saturated rings. The number of halogens is 2. The molecule has 2 aromatic rings. The summed E-state index contributed by atoms with van der Waals surface area (Å²) in [7, 11) is 0. The number of carbonyl (C=O) groups is 1. The molecule has 0 aliphatic heterocycles. The Morgan fingerprint density at radius 3 is 2.52 bits per heavy atom. The maximum absolute atomic E-state index is 10.6. The molecule has 0 spiro atoms. The molecule has 0 saturated carbocycles. The summed E-state index contributed by atoms with van der Waals surface area (Å²) in [5.41, 5.74) is 1.50. The largest absolute Gasteiger partial charge is 0.488 e. The highest BCUT2D eigenvalue weighted by atomic mass is 35.5. The molecular weight excluding hydrogens is 391 g/mol. The Labute approximate surface area is 167 Å². The molecule has 0 unspecified atom stereocenters. The number of rotatable bonds is 9. The lowest BCUT2D eigenvalue weighted by molar-refractivity contribution is -0.139. The van der Waals surface area contributed by atoms with Gasteiger partial charge in [-0.1, -0.05) is 65.7 Å². The van der Waals surface area contributed by atoms with Crippen molar-refractivity contribution in [3.8, 4) is 5.75 Å². The summed E-state index contributed by atoms with van der Waals surface area (Å²) in [4.78, 5) is 10.6. The molecule has 2 atom stereocenters.